The van der Waals surface area contributed by atoms with Crippen LogP contribution in [0.5, 0.6) is 0 Å². The lowest BCUT2D eigenvalue weighted by molar-refractivity contribution is -0.137. The first-order valence-electron chi connectivity index (χ1n) is 10.7. The topological polar surface area (TPSA) is 92.3 Å². The van der Waals surface area contributed by atoms with E-state index < -0.39 is 27.7 Å². The van der Waals surface area contributed by atoms with Gasteiger partial charge in [-0.25, -0.2) is 8.42 Å². The van der Waals surface area contributed by atoms with E-state index in [0.717, 1.165) is 42.7 Å². The molecule has 4 rings (SSSR count). The summed E-state index contributed by atoms with van der Waals surface area (Å²) in [6, 6.07) is 10.8. The highest BCUT2D eigenvalue weighted by Crippen LogP contribution is 2.32. The van der Waals surface area contributed by atoms with Crippen molar-refractivity contribution in [3.63, 3.8) is 0 Å². The molecule has 2 aromatic carbocycles. The van der Waals surface area contributed by atoms with Crippen molar-refractivity contribution in [2.75, 3.05) is 18.4 Å². The number of nitrogens with one attached hydrogen (secondary N) is 1. The van der Waals surface area contributed by atoms with Crippen molar-refractivity contribution < 1.29 is 26.4 Å². The van der Waals surface area contributed by atoms with Gasteiger partial charge < -0.3 is 0 Å². The molecule has 0 bridgehead atoms. The van der Waals surface area contributed by atoms with Crippen molar-refractivity contribution in [3.05, 3.63) is 65.2 Å². The number of benzene rings is 2. The van der Waals surface area contributed by atoms with E-state index in [0.29, 0.717) is 23.0 Å². The molecule has 186 valence electrons. The summed E-state index contributed by atoms with van der Waals surface area (Å²) in [5.41, 5.74) is 0.0386. The fourth-order valence-corrected chi connectivity index (χ4v) is 6.71. The normalized spacial score (nSPS) is 15.2. The minimum atomic E-state index is -4.41. The molecule has 2 heterocycles. The lowest BCUT2D eigenvalue weighted by Gasteiger charge is -2.25. The lowest BCUT2D eigenvalue weighted by Crippen LogP contribution is -2.35. The number of hydrogen-bond donors (Lipinski definition) is 1. The van der Waals surface area contributed by atoms with Gasteiger partial charge in [0.1, 0.15) is 0 Å². The van der Waals surface area contributed by atoms with E-state index in [-0.39, 0.29) is 21.3 Å². The van der Waals surface area contributed by atoms with E-state index in [9.17, 15) is 26.4 Å². The summed E-state index contributed by atoms with van der Waals surface area (Å²) in [6.45, 7) is 0.992. The molecular formula is C22H21F3N4O3S3. The molecule has 0 radical (unpaired) electrons. The maximum atomic E-state index is 12.9. The second kappa shape index (κ2) is 10.6. The Morgan fingerprint density at radius 2 is 1.77 bits per heavy atom. The first-order valence-corrected chi connectivity index (χ1v) is 13.9. The molecule has 0 spiro atoms. The monoisotopic (exact) mass is 542 g/mol. The Bertz CT molecular complexity index is 1290. The van der Waals surface area contributed by atoms with Crippen LogP contribution in [-0.2, 0) is 22.0 Å². The molecule has 0 aliphatic carbocycles. The zero-order chi connectivity index (χ0) is 25.1. The fourth-order valence-electron chi connectivity index (χ4n) is 3.50. The van der Waals surface area contributed by atoms with Gasteiger partial charge in [0.25, 0.3) is 5.91 Å². The SMILES string of the molecule is O=C(Nc1nnc(SCc2cccc(C(F)(F)F)c2)s1)c1ccc(S(=O)(=O)N2CCCCC2)cc1. The molecule has 3 aromatic rings. The Morgan fingerprint density at radius 1 is 1.06 bits per heavy atom. The molecule has 1 N–H and O–H groups in total. The highest BCUT2D eigenvalue weighted by atomic mass is 32.2. The number of halogens is 3. The summed E-state index contributed by atoms with van der Waals surface area (Å²) >= 11 is 2.30. The third-order valence-corrected chi connectivity index (χ3v) is 9.27. The Kier molecular flexibility index (Phi) is 7.79. The number of carbonyl (C=O) groups excluding carboxylic acids is 1. The highest BCUT2D eigenvalue weighted by molar-refractivity contribution is 8.00. The van der Waals surface area contributed by atoms with Crippen molar-refractivity contribution in [1.29, 1.82) is 0 Å². The highest BCUT2D eigenvalue weighted by Gasteiger charge is 2.30. The molecule has 1 aliphatic rings. The lowest BCUT2D eigenvalue weighted by atomic mass is 10.1. The standard InChI is InChI=1S/C22H21F3N4O3S3/c23-22(24,25)17-6-4-5-15(13-17)14-33-21-28-27-20(34-21)26-19(30)16-7-9-18(10-8-16)35(31,32)29-11-2-1-3-12-29/h4-10,13H,1-3,11-12,14H2,(H,26,27,30). The van der Waals surface area contributed by atoms with E-state index in [1.165, 1.54) is 46.4 Å². The fraction of sp³-hybridized carbons (Fsp3) is 0.318. The van der Waals surface area contributed by atoms with Crippen LogP contribution in [0.15, 0.2) is 57.8 Å². The summed E-state index contributed by atoms with van der Waals surface area (Å²) in [6.07, 6.45) is -1.72. The van der Waals surface area contributed by atoms with E-state index in [1.807, 2.05) is 0 Å². The maximum Gasteiger partial charge on any atom is 0.416 e. The summed E-state index contributed by atoms with van der Waals surface area (Å²) in [4.78, 5) is 12.7. The molecule has 1 aliphatic heterocycles. The Balaban J connectivity index is 1.35. The van der Waals surface area contributed by atoms with E-state index >= 15 is 0 Å². The van der Waals surface area contributed by atoms with Crippen LogP contribution in [-0.4, -0.2) is 41.9 Å². The Labute approximate surface area is 208 Å². The first-order chi connectivity index (χ1) is 16.6. The zero-order valence-corrected chi connectivity index (χ0v) is 20.7. The summed E-state index contributed by atoms with van der Waals surface area (Å²) in [5, 5.41) is 10.7. The second-order valence-corrected chi connectivity index (χ2v) is 11.9. The minimum Gasteiger partial charge on any atom is -0.296 e. The number of alkyl halides is 3. The quantitative estimate of drug-likeness (QED) is 0.323. The number of aromatic nitrogens is 2. The van der Waals surface area contributed by atoms with Gasteiger partial charge >= 0.3 is 6.18 Å². The van der Waals surface area contributed by atoms with E-state index in [1.54, 1.807) is 6.07 Å². The smallest absolute Gasteiger partial charge is 0.296 e. The minimum absolute atomic E-state index is 0.139. The van der Waals surface area contributed by atoms with Crippen molar-refractivity contribution >= 4 is 44.2 Å². The number of thioether (sulfide) groups is 1. The molecule has 1 fully saturated rings. The first kappa shape index (κ1) is 25.6. The van der Waals surface area contributed by atoms with Crippen LogP contribution in [0, 0.1) is 0 Å². The third-order valence-electron chi connectivity index (χ3n) is 5.31. The largest absolute Gasteiger partial charge is 0.416 e. The van der Waals surface area contributed by atoms with Crippen LogP contribution >= 0.6 is 23.1 Å². The van der Waals surface area contributed by atoms with Gasteiger partial charge in [-0.05, 0) is 48.7 Å². The number of rotatable bonds is 7. The van der Waals surface area contributed by atoms with Crippen molar-refractivity contribution in [2.24, 2.45) is 0 Å². The average Bonchev–Trinajstić information content (AvgIpc) is 3.30. The van der Waals surface area contributed by atoms with Crippen molar-refractivity contribution in [3.8, 4) is 0 Å². The Morgan fingerprint density at radius 3 is 2.46 bits per heavy atom. The second-order valence-electron chi connectivity index (χ2n) is 7.80. The number of hydrogen-bond acceptors (Lipinski definition) is 7. The van der Waals surface area contributed by atoms with Gasteiger partial charge in [-0.1, -0.05) is 47.7 Å². The van der Waals surface area contributed by atoms with Crippen LogP contribution in [0.1, 0.15) is 40.7 Å². The van der Waals surface area contributed by atoms with Crippen LogP contribution in [0.4, 0.5) is 18.3 Å². The van der Waals surface area contributed by atoms with Gasteiger partial charge in [-0.15, -0.1) is 10.2 Å². The predicted molar refractivity (Wildman–Crippen MR) is 128 cm³/mol. The predicted octanol–water partition coefficient (Wildman–Crippen LogP) is 5.28. The van der Waals surface area contributed by atoms with Crippen LogP contribution in [0.25, 0.3) is 0 Å². The number of carbonyl (C=O) groups is 1. The zero-order valence-electron chi connectivity index (χ0n) is 18.3. The van der Waals surface area contributed by atoms with E-state index in [4.69, 9.17) is 0 Å². The maximum absolute atomic E-state index is 12.9. The number of sulfonamides is 1. The Hall–Kier alpha value is -2.48. The average molecular weight is 543 g/mol. The summed E-state index contributed by atoms with van der Waals surface area (Å²) < 4.78 is 66.0. The van der Waals surface area contributed by atoms with Gasteiger partial charge in [0.15, 0.2) is 4.34 Å². The summed E-state index contributed by atoms with van der Waals surface area (Å²) in [7, 11) is -3.58. The molecule has 35 heavy (non-hydrogen) atoms. The number of nitrogens with zero attached hydrogens (tertiary/aromatic N) is 3. The molecule has 13 heteroatoms. The molecule has 1 aromatic heterocycles. The van der Waals surface area contributed by atoms with Gasteiger partial charge in [0, 0.05) is 24.4 Å². The van der Waals surface area contributed by atoms with Gasteiger partial charge in [-0.3, -0.25) is 10.1 Å². The number of anilines is 1. The van der Waals surface area contributed by atoms with Gasteiger partial charge in [-0.2, -0.15) is 17.5 Å². The van der Waals surface area contributed by atoms with Gasteiger partial charge in [0.05, 0.1) is 10.5 Å². The molecule has 0 saturated carbocycles. The molecule has 1 amide bonds. The molecule has 0 atom stereocenters. The van der Waals surface area contributed by atoms with Gasteiger partial charge in [0.2, 0.25) is 15.2 Å². The number of amides is 1. The van der Waals surface area contributed by atoms with E-state index in [2.05, 4.69) is 15.5 Å². The van der Waals surface area contributed by atoms with Crippen LogP contribution < -0.4 is 5.32 Å². The van der Waals surface area contributed by atoms with Crippen molar-refractivity contribution in [2.45, 2.75) is 40.4 Å². The van der Waals surface area contributed by atoms with Crippen LogP contribution in [0.3, 0.4) is 0 Å². The number of piperidine rings is 1. The van der Waals surface area contributed by atoms with Crippen molar-refractivity contribution in [1.82, 2.24) is 14.5 Å². The summed E-state index contributed by atoms with van der Waals surface area (Å²) in [5.74, 6) is -0.211. The molecular weight excluding hydrogens is 521 g/mol. The third kappa shape index (κ3) is 6.40. The molecule has 7 nitrogen and oxygen atoms in total. The van der Waals surface area contributed by atoms with Crippen LogP contribution in [0.2, 0.25) is 0 Å². The molecule has 0 unspecified atom stereocenters. The molecule has 1 saturated heterocycles.